The molecule has 0 unspecified atom stereocenters. The molecule has 0 aliphatic carbocycles. The van der Waals surface area contributed by atoms with Crippen molar-refractivity contribution < 1.29 is 14.3 Å². The Bertz CT molecular complexity index is 449. The van der Waals surface area contributed by atoms with Gasteiger partial charge in [0.15, 0.2) is 0 Å². The van der Waals surface area contributed by atoms with Crippen LogP contribution in [0.5, 0.6) is 0 Å². The monoisotopic (exact) mass is 265 g/mol. The predicted molar refractivity (Wildman–Crippen MR) is 70.5 cm³/mol. The third-order valence-corrected chi connectivity index (χ3v) is 2.38. The van der Waals surface area contributed by atoms with Gasteiger partial charge in [0.2, 0.25) is 0 Å². The van der Waals surface area contributed by atoms with Gasteiger partial charge < -0.3 is 15.0 Å². The van der Waals surface area contributed by atoms with Gasteiger partial charge in [-0.15, -0.1) is 0 Å². The molecule has 1 N–H and O–H groups in total. The maximum atomic E-state index is 11.7. The lowest BCUT2D eigenvalue weighted by Gasteiger charge is -2.17. The number of urea groups is 1. The van der Waals surface area contributed by atoms with Crippen molar-refractivity contribution in [3.05, 3.63) is 29.6 Å². The number of carbonyl (C=O) groups is 2. The Hall–Kier alpha value is -2.11. The maximum absolute atomic E-state index is 11.7. The Balaban J connectivity index is 2.42. The van der Waals surface area contributed by atoms with Gasteiger partial charge in [0, 0.05) is 12.7 Å². The van der Waals surface area contributed by atoms with E-state index in [4.69, 9.17) is 4.74 Å². The Morgan fingerprint density at radius 2 is 2.16 bits per heavy atom. The number of hydrogen-bond acceptors (Lipinski definition) is 4. The topological polar surface area (TPSA) is 71.5 Å². The zero-order chi connectivity index (χ0) is 14.3. The lowest BCUT2D eigenvalue weighted by Crippen LogP contribution is -2.40. The van der Waals surface area contributed by atoms with Gasteiger partial charge in [0.1, 0.15) is 6.54 Å². The molecule has 0 aliphatic heterocycles. The third kappa shape index (κ3) is 5.37. The van der Waals surface area contributed by atoms with Gasteiger partial charge >= 0.3 is 12.0 Å². The van der Waals surface area contributed by atoms with E-state index in [0.717, 1.165) is 11.4 Å². The minimum Gasteiger partial charge on any atom is -0.465 e. The number of hydrogen-bond donors (Lipinski definition) is 1. The van der Waals surface area contributed by atoms with Crippen LogP contribution < -0.4 is 5.32 Å². The zero-order valence-electron chi connectivity index (χ0n) is 11.5. The summed E-state index contributed by atoms with van der Waals surface area (Å²) >= 11 is 0. The van der Waals surface area contributed by atoms with Crippen molar-refractivity contribution in [1.82, 2.24) is 15.2 Å². The van der Waals surface area contributed by atoms with Crippen molar-refractivity contribution in [3.8, 4) is 0 Å². The van der Waals surface area contributed by atoms with Crippen LogP contribution in [0.3, 0.4) is 0 Å². The quantitative estimate of drug-likeness (QED) is 0.809. The molecule has 1 rings (SSSR count). The lowest BCUT2D eigenvalue weighted by atomic mass is 10.3. The average Bonchev–Trinajstić information content (AvgIpc) is 2.36. The summed E-state index contributed by atoms with van der Waals surface area (Å²) in [6, 6.07) is 5.30. The molecule has 0 fully saturated rings. The number of carbonyl (C=O) groups excluding carboxylic acids is 2. The maximum Gasteiger partial charge on any atom is 0.325 e. The van der Waals surface area contributed by atoms with E-state index in [1.54, 1.807) is 14.0 Å². The van der Waals surface area contributed by atoms with Crippen LogP contribution in [0.1, 0.15) is 18.3 Å². The molecular weight excluding hydrogens is 246 g/mol. The van der Waals surface area contributed by atoms with Crippen LogP contribution >= 0.6 is 0 Å². The van der Waals surface area contributed by atoms with Gasteiger partial charge in [-0.2, -0.15) is 0 Å². The number of aromatic nitrogens is 1. The molecule has 0 bridgehead atoms. The molecule has 0 aliphatic rings. The molecule has 19 heavy (non-hydrogen) atoms. The smallest absolute Gasteiger partial charge is 0.325 e. The first-order valence-corrected chi connectivity index (χ1v) is 6.10. The number of ether oxygens (including phenoxy) is 1. The summed E-state index contributed by atoms with van der Waals surface area (Å²) in [6.07, 6.45) is 0. The summed E-state index contributed by atoms with van der Waals surface area (Å²) in [5.41, 5.74) is 1.70. The van der Waals surface area contributed by atoms with E-state index in [9.17, 15) is 9.59 Å². The van der Waals surface area contributed by atoms with Crippen molar-refractivity contribution in [2.45, 2.75) is 20.4 Å². The van der Waals surface area contributed by atoms with Crippen LogP contribution in [-0.4, -0.2) is 42.1 Å². The molecule has 0 saturated carbocycles. The van der Waals surface area contributed by atoms with Crippen molar-refractivity contribution in [3.63, 3.8) is 0 Å². The molecule has 0 saturated heterocycles. The van der Waals surface area contributed by atoms with Crippen molar-refractivity contribution in [2.75, 3.05) is 20.2 Å². The summed E-state index contributed by atoms with van der Waals surface area (Å²) in [4.78, 5) is 28.6. The highest BCUT2D eigenvalue weighted by Crippen LogP contribution is 2.01. The second kappa shape index (κ2) is 7.35. The highest BCUT2D eigenvalue weighted by molar-refractivity contribution is 5.80. The molecule has 6 heteroatoms. The molecule has 1 aromatic heterocycles. The Morgan fingerprint density at radius 3 is 2.79 bits per heavy atom. The molecule has 0 aromatic carbocycles. The molecule has 104 valence electrons. The SMILES string of the molecule is CCOC(=O)CNC(=O)N(C)Cc1cccc(C)n1. The van der Waals surface area contributed by atoms with Crippen LogP contribution in [-0.2, 0) is 16.1 Å². The third-order valence-electron chi connectivity index (χ3n) is 2.38. The van der Waals surface area contributed by atoms with Crippen molar-refractivity contribution in [1.29, 1.82) is 0 Å². The Morgan fingerprint density at radius 1 is 1.42 bits per heavy atom. The van der Waals surface area contributed by atoms with Gasteiger partial charge in [-0.1, -0.05) is 6.07 Å². The number of amides is 2. The van der Waals surface area contributed by atoms with Gasteiger partial charge in [-0.05, 0) is 26.0 Å². The normalized spacial score (nSPS) is 9.84. The first-order chi connectivity index (χ1) is 9.02. The number of nitrogens with one attached hydrogen (secondary N) is 1. The molecule has 1 aromatic rings. The van der Waals surface area contributed by atoms with E-state index in [1.807, 2.05) is 25.1 Å². The van der Waals surface area contributed by atoms with E-state index in [1.165, 1.54) is 4.90 Å². The van der Waals surface area contributed by atoms with Crippen LogP contribution in [0, 0.1) is 6.92 Å². The fourth-order valence-corrected chi connectivity index (χ4v) is 1.50. The summed E-state index contributed by atoms with van der Waals surface area (Å²) < 4.78 is 4.72. The predicted octanol–water partition coefficient (Wildman–Crippen LogP) is 1.09. The van der Waals surface area contributed by atoms with E-state index >= 15 is 0 Å². The van der Waals surface area contributed by atoms with E-state index < -0.39 is 5.97 Å². The first-order valence-electron chi connectivity index (χ1n) is 6.10. The summed E-state index contributed by atoms with van der Waals surface area (Å²) in [6.45, 7) is 4.17. The highest BCUT2D eigenvalue weighted by atomic mass is 16.5. The molecule has 1 heterocycles. The molecule has 0 spiro atoms. The summed E-state index contributed by atoms with van der Waals surface area (Å²) in [7, 11) is 1.64. The van der Waals surface area contributed by atoms with E-state index in [2.05, 4.69) is 10.3 Å². The lowest BCUT2D eigenvalue weighted by molar-refractivity contribution is -0.141. The minimum absolute atomic E-state index is 0.127. The highest BCUT2D eigenvalue weighted by Gasteiger charge is 2.11. The number of aryl methyl sites for hydroxylation is 1. The first kappa shape index (κ1) is 14.9. The van der Waals surface area contributed by atoms with Crippen molar-refractivity contribution >= 4 is 12.0 Å². The average molecular weight is 265 g/mol. The zero-order valence-corrected chi connectivity index (χ0v) is 11.5. The fourth-order valence-electron chi connectivity index (χ4n) is 1.50. The van der Waals surface area contributed by atoms with Gasteiger partial charge in [-0.3, -0.25) is 9.78 Å². The summed E-state index contributed by atoms with van der Waals surface area (Å²) in [5.74, 6) is -0.446. The largest absolute Gasteiger partial charge is 0.465 e. The van der Waals surface area contributed by atoms with E-state index in [0.29, 0.717) is 13.2 Å². The van der Waals surface area contributed by atoms with Crippen molar-refractivity contribution in [2.24, 2.45) is 0 Å². The molecule has 0 atom stereocenters. The fraction of sp³-hybridized carbons (Fsp3) is 0.462. The Kier molecular flexibility index (Phi) is 5.78. The standard InChI is InChI=1S/C13H19N3O3/c1-4-19-12(17)8-14-13(18)16(3)9-11-7-5-6-10(2)15-11/h5-7H,4,8-9H2,1-3H3,(H,14,18). The molecule has 6 nitrogen and oxygen atoms in total. The Labute approximate surface area is 112 Å². The van der Waals surface area contributed by atoms with Crippen LogP contribution in [0.2, 0.25) is 0 Å². The van der Waals surface area contributed by atoms with Crippen LogP contribution in [0.15, 0.2) is 18.2 Å². The minimum atomic E-state index is -0.446. The number of rotatable bonds is 5. The number of nitrogens with zero attached hydrogens (tertiary/aromatic N) is 2. The number of pyridine rings is 1. The van der Waals surface area contributed by atoms with Crippen LogP contribution in [0.4, 0.5) is 4.79 Å². The summed E-state index contributed by atoms with van der Waals surface area (Å²) in [5, 5.41) is 2.49. The van der Waals surface area contributed by atoms with Crippen LogP contribution in [0.25, 0.3) is 0 Å². The second-order valence-corrected chi connectivity index (χ2v) is 4.09. The molecule has 0 radical (unpaired) electrons. The molecular formula is C13H19N3O3. The number of esters is 1. The second-order valence-electron chi connectivity index (χ2n) is 4.09. The van der Waals surface area contributed by atoms with Gasteiger partial charge in [0.05, 0.1) is 18.8 Å². The van der Waals surface area contributed by atoms with E-state index in [-0.39, 0.29) is 12.6 Å². The van der Waals surface area contributed by atoms with Gasteiger partial charge in [-0.25, -0.2) is 4.79 Å². The van der Waals surface area contributed by atoms with Gasteiger partial charge in [0.25, 0.3) is 0 Å². The molecule has 2 amide bonds.